The van der Waals surface area contributed by atoms with Crippen LogP contribution in [0, 0.1) is 17.2 Å². The van der Waals surface area contributed by atoms with E-state index in [2.05, 4.69) is 29.1 Å². The number of amides is 1. The smallest absolute Gasteiger partial charge is 0.323 e. The predicted octanol–water partition coefficient (Wildman–Crippen LogP) is 5.57. The number of H-pyrrole nitrogens is 1. The summed E-state index contributed by atoms with van der Waals surface area (Å²) in [4.78, 5) is 33.3. The highest BCUT2D eigenvalue weighted by molar-refractivity contribution is 5.92. The molecule has 4 aromatic rings. The Morgan fingerprint density at radius 1 is 1.09 bits per heavy atom. The SMILES string of the molecule is CC(C)Cn1c(=O)n(C)c2cc(-c3nc(NC(=O)CC(C)(C)C)[nH]c3-c3ccc(F)cc3)ccc21. The van der Waals surface area contributed by atoms with Crippen LogP contribution in [0.2, 0.25) is 0 Å². The fraction of sp³-hybridized carbons (Fsp3) is 0.370. The molecule has 8 heteroatoms. The first-order valence-electron chi connectivity index (χ1n) is 11.8. The maximum Gasteiger partial charge on any atom is 0.328 e. The minimum Gasteiger partial charge on any atom is -0.323 e. The van der Waals surface area contributed by atoms with Crippen LogP contribution >= 0.6 is 0 Å². The minimum atomic E-state index is -0.337. The first-order chi connectivity index (χ1) is 16.4. The van der Waals surface area contributed by atoms with Crippen molar-refractivity contribution >= 4 is 22.9 Å². The highest BCUT2D eigenvalue weighted by Gasteiger charge is 2.21. The maximum atomic E-state index is 13.6. The number of anilines is 1. The van der Waals surface area contributed by atoms with E-state index in [9.17, 15) is 14.0 Å². The van der Waals surface area contributed by atoms with E-state index in [0.717, 1.165) is 22.2 Å². The van der Waals surface area contributed by atoms with Gasteiger partial charge in [-0.2, -0.15) is 0 Å². The van der Waals surface area contributed by atoms with Gasteiger partial charge in [0.15, 0.2) is 0 Å². The Morgan fingerprint density at radius 3 is 2.37 bits per heavy atom. The van der Waals surface area contributed by atoms with Gasteiger partial charge in [-0.05, 0) is 47.7 Å². The average Bonchev–Trinajstić information content (AvgIpc) is 3.27. The molecule has 0 aliphatic rings. The van der Waals surface area contributed by atoms with Crippen LogP contribution < -0.4 is 11.0 Å². The van der Waals surface area contributed by atoms with E-state index in [1.807, 2.05) is 39.0 Å². The normalized spacial score (nSPS) is 12.0. The number of carbonyl (C=O) groups is 1. The molecule has 0 bridgehead atoms. The van der Waals surface area contributed by atoms with Gasteiger partial charge in [0.05, 0.1) is 22.4 Å². The van der Waals surface area contributed by atoms with Crippen molar-refractivity contribution in [3.8, 4) is 22.5 Å². The molecule has 1 amide bonds. The lowest BCUT2D eigenvalue weighted by Gasteiger charge is -2.16. The molecule has 0 atom stereocenters. The number of hydrogen-bond acceptors (Lipinski definition) is 3. The van der Waals surface area contributed by atoms with Crippen molar-refractivity contribution < 1.29 is 9.18 Å². The van der Waals surface area contributed by atoms with Crippen molar-refractivity contribution in [2.24, 2.45) is 18.4 Å². The van der Waals surface area contributed by atoms with E-state index in [1.54, 1.807) is 28.3 Å². The number of aromatic amines is 1. The summed E-state index contributed by atoms with van der Waals surface area (Å²) in [5.41, 5.74) is 4.18. The van der Waals surface area contributed by atoms with Gasteiger partial charge < -0.3 is 4.98 Å². The summed E-state index contributed by atoms with van der Waals surface area (Å²) < 4.78 is 17.0. The molecule has 0 aliphatic heterocycles. The first-order valence-corrected chi connectivity index (χ1v) is 11.8. The Balaban J connectivity index is 1.82. The van der Waals surface area contributed by atoms with Gasteiger partial charge in [0.1, 0.15) is 5.82 Å². The molecule has 0 aliphatic carbocycles. The van der Waals surface area contributed by atoms with Crippen molar-refractivity contribution in [1.82, 2.24) is 19.1 Å². The Kier molecular flexibility index (Phi) is 6.40. The van der Waals surface area contributed by atoms with Crippen LogP contribution in [0.1, 0.15) is 41.0 Å². The highest BCUT2D eigenvalue weighted by Crippen LogP contribution is 2.33. The first kappa shape index (κ1) is 24.4. The molecule has 0 spiro atoms. The van der Waals surface area contributed by atoms with Gasteiger partial charge in [-0.25, -0.2) is 14.2 Å². The lowest BCUT2D eigenvalue weighted by atomic mass is 9.92. The van der Waals surface area contributed by atoms with Gasteiger partial charge in [0.2, 0.25) is 11.9 Å². The van der Waals surface area contributed by atoms with E-state index in [1.165, 1.54) is 12.1 Å². The highest BCUT2D eigenvalue weighted by atomic mass is 19.1. The zero-order valence-corrected chi connectivity index (χ0v) is 21.1. The van der Waals surface area contributed by atoms with E-state index in [-0.39, 0.29) is 22.8 Å². The number of imidazole rings is 2. The van der Waals surface area contributed by atoms with Crippen LogP contribution in [0.25, 0.3) is 33.5 Å². The van der Waals surface area contributed by atoms with Gasteiger partial charge in [-0.1, -0.05) is 40.7 Å². The Morgan fingerprint density at radius 2 is 1.74 bits per heavy atom. The van der Waals surface area contributed by atoms with Crippen LogP contribution in [0.15, 0.2) is 47.3 Å². The fourth-order valence-electron chi connectivity index (χ4n) is 4.22. The summed E-state index contributed by atoms with van der Waals surface area (Å²) >= 11 is 0. The van der Waals surface area contributed by atoms with Crippen molar-refractivity contribution in [1.29, 1.82) is 0 Å². The third-order valence-corrected chi connectivity index (χ3v) is 5.75. The Hall–Kier alpha value is -3.68. The predicted molar refractivity (Wildman–Crippen MR) is 138 cm³/mol. The van der Waals surface area contributed by atoms with E-state index in [0.29, 0.717) is 36.2 Å². The number of halogens is 1. The summed E-state index contributed by atoms with van der Waals surface area (Å²) in [5.74, 6) is 0.164. The summed E-state index contributed by atoms with van der Waals surface area (Å²) in [6.07, 6.45) is 0.340. The molecule has 35 heavy (non-hydrogen) atoms. The van der Waals surface area contributed by atoms with Gasteiger partial charge in [-0.3, -0.25) is 19.2 Å². The molecular formula is C27H32FN5O2. The van der Waals surface area contributed by atoms with Crippen molar-refractivity contribution in [2.75, 3.05) is 5.32 Å². The van der Waals surface area contributed by atoms with Crippen LogP contribution in [0.4, 0.5) is 10.3 Å². The molecule has 0 saturated carbocycles. The zero-order valence-electron chi connectivity index (χ0n) is 21.1. The van der Waals surface area contributed by atoms with Crippen LogP contribution in [-0.2, 0) is 18.4 Å². The van der Waals surface area contributed by atoms with Crippen molar-refractivity contribution in [3.63, 3.8) is 0 Å². The number of rotatable bonds is 6. The standard InChI is InChI=1S/C27H32FN5O2/c1-16(2)15-33-20-12-9-18(13-21(20)32(6)26(33)35)24-23(17-7-10-19(28)11-8-17)30-25(31-24)29-22(34)14-27(3,4)5/h7-13,16H,14-15H2,1-6H3,(H2,29,30,31,34). The molecular weight excluding hydrogens is 445 g/mol. The molecule has 0 unspecified atom stereocenters. The summed E-state index contributed by atoms with van der Waals surface area (Å²) in [7, 11) is 1.76. The van der Waals surface area contributed by atoms with E-state index in [4.69, 9.17) is 0 Å². The number of aromatic nitrogens is 4. The Bertz CT molecular complexity index is 1440. The minimum absolute atomic E-state index is 0.0678. The van der Waals surface area contributed by atoms with E-state index < -0.39 is 0 Å². The summed E-state index contributed by atoms with van der Waals surface area (Å²) in [6, 6.07) is 11.9. The van der Waals surface area contributed by atoms with Crippen molar-refractivity contribution in [2.45, 2.75) is 47.6 Å². The molecule has 2 aromatic carbocycles. The average molecular weight is 478 g/mol. The quantitative estimate of drug-likeness (QED) is 0.381. The largest absolute Gasteiger partial charge is 0.328 e. The van der Waals surface area contributed by atoms with Crippen molar-refractivity contribution in [3.05, 3.63) is 58.8 Å². The molecule has 7 nitrogen and oxygen atoms in total. The number of carbonyl (C=O) groups excluding carboxylic acids is 1. The van der Waals surface area contributed by atoms with Gasteiger partial charge in [0, 0.05) is 31.1 Å². The number of benzene rings is 2. The molecule has 0 fully saturated rings. The third kappa shape index (κ3) is 5.21. The number of nitrogens with one attached hydrogen (secondary N) is 2. The van der Waals surface area contributed by atoms with Crippen LogP contribution in [-0.4, -0.2) is 25.0 Å². The maximum absolute atomic E-state index is 13.6. The van der Waals surface area contributed by atoms with Crippen LogP contribution in [0.3, 0.4) is 0 Å². The van der Waals surface area contributed by atoms with E-state index >= 15 is 0 Å². The lowest BCUT2D eigenvalue weighted by Crippen LogP contribution is -2.24. The number of fused-ring (bicyclic) bond motifs is 1. The molecule has 0 saturated heterocycles. The molecule has 0 radical (unpaired) electrons. The van der Waals surface area contributed by atoms with Gasteiger partial charge in [0.25, 0.3) is 0 Å². The molecule has 4 rings (SSSR count). The second-order valence-electron chi connectivity index (χ2n) is 10.7. The van der Waals surface area contributed by atoms with Crippen LogP contribution in [0.5, 0.6) is 0 Å². The second kappa shape index (κ2) is 9.17. The molecule has 2 heterocycles. The number of hydrogen-bond donors (Lipinski definition) is 2. The fourth-order valence-corrected chi connectivity index (χ4v) is 4.22. The summed E-state index contributed by atoms with van der Waals surface area (Å²) in [6.45, 7) is 10.8. The third-order valence-electron chi connectivity index (χ3n) is 5.75. The second-order valence-corrected chi connectivity index (χ2v) is 10.7. The lowest BCUT2D eigenvalue weighted by molar-refractivity contribution is -0.117. The molecule has 184 valence electrons. The van der Waals surface area contributed by atoms with Gasteiger partial charge >= 0.3 is 5.69 Å². The zero-order chi connectivity index (χ0) is 25.5. The number of aryl methyl sites for hydroxylation is 1. The topological polar surface area (TPSA) is 84.7 Å². The monoisotopic (exact) mass is 477 g/mol. The number of nitrogens with zero attached hydrogens (tertiary/aromatic N) is 3. The van der Waals surface area contributed by atoms with Gasteiger partial charge in [-0.15, -0.1) is 0 Å². The molecule has 2 N–H and O–H groups in total. The Labute approximate surface area is 204 Å². The molecule has 2 aromatic heterocycles. The summed E-state index contributed by atoms with van der Waals surface area (Å²) in [5, 5.41) is 2.85.